The van der Waals surface area contributed by atoms with Gasteiger partial charge in [0.15, 0.2) is 11.5 Å². The summed E-state index contributed by atoms with van der Waals surface area (Å²) in [6, 6.07) is 8.61. The van der Waals surface area contributed by atoms with Crippen molar-refractivity contribution in [2.24, 2.45) is 0 Å². The lowest BCUT2D eigenvalue weighted by Gasteiger charge is -2.37. The normalized spacial score (nSPS) is 14.1. The molecule has 0 radical (unpaired) electrons. The number of rotatable bonds is 3. The van der Waals surface area contributed by atoms with Crippen LogP contribution in [0.1, 0.15) is 26.3 Å². The van der Waals surface area contributed by atoms with E-state index in [-0.39, 0.29) is 33.3 Å². The van der Waals surface area contributed by atoms with Gasteiger partial charge in [0.2, 0.25) is 0 Å². The molecule has 0 saturated carbocycles. The van der Waals surface area contributed by atoms with Crippen molar-refractivity contribution >= 4 is 56.8 Å². The summed E-state index contributed by atoms with van der Waals surface area (Å²) in [4.78, 5) is 20.6. The maximum atomic E-state index is 14.5. The second-order valence-electron chi connectivity index (χ2n) is 9.78. The Morgan fingerprint density at radius 3 is 2.61 bits per heavy atom. The summed E-state index contributed by atoms with van der Waals surface area (Å²) in [5, 5.41) is 17.5. The number of fused-ring (bicyclic) bond motifs is 2. The number of hydrogen-bond acceptors (Lipinski definition) is 7. The standard InChI is InChI=1S/C26H23Cl2FN6O3/c1-26(2,3)38-25(36)35-9-7-34(8-10-35)22-14-5-4-6-19(21(14)32-24(28)15(22)12-30)37-23-16-13-31-33-18(16)11-17(29)20(23)27/h4-6,11,13H,7-10H2,1-3H3,(H,31,33). The number of para-hydroxylation sites is 1. The number of nitrogens with one attached hydrogen (secondary N) is 1. The molecule has 0 bridgehead atoms. The van der Waals surface area contributed by atoms with E-state index in [2.05, 4.69) is 21.3 Å². The molecule has 9 nitrogen and oxygen atoms in total. The number of nitriles is 1. The number of amides is 1. The second-order valence-corrected chi connectivity index (χ2v) is 10.5. The van der Waals surface area contributed by atoms with Crippen LogP contribution < -0.4 is 9.64 Å². The number of hydrogen-bond donors (Lipinski definition) is 1. The third-order valence-corrected chi connectivity index (χ3v) is 6.70. The van der Waals surface area contributed by atoms with Crippen LogP contribution in [0.25, 0.3) is 21.8 Å². The summed E-state index contributed by atoms with van der Waals surface area (Å²) in [6.07, 6.45) is 1.11. The fourth-order valence-electron chi connectivity index (χ4n) is 4.38. The van der Waals surface area contributed by atoms with Crippen LogP contribution in [0.3, 0.4) is 0 Å². The van der Waals surface area contributed by atoms with Crippen LogP contribution in [0.2, 0.25) is 10.2 Å². The van der Waals surface area contributed by atoms with Crippen LogP contribution in [0, 0.1) is 17.1 Å². The third kappa shape index (κ3) is 4.75. The van der Waals surface area contributed by atoms with Crippen LogP contribution >= 0.6 is 23.2 Å². The Labute approximate surface area is 227 Å². The number of aromatic amines is 1. The molecule has 2 aromatic heterocycles. The lowest BCUT2D eigenvalue weighted by atomic mass is 10.1. The molecule has 1 saturated heterocycles. The Hall–Kier alpha value is -3.81. The number of carbonyl (C=O) groups is 1. The van der Waals surface area contributed by atoms with Crippen molar-refractivity contribution in [3.05, 3.63) is 52.0 Å². The van der Waals surface area contributed by atoms with Crippen molar-refractivity contribution in [2.75, 3.05) is 31.1 Å². The highest BCUT2D eigenvalue weighted by Crippen LogP contribution is 2.42. The molecule has 4 aromatic rings. The van der Waals surface area contributed by atoms with E-state index in [9.17, 15) is 14.4 Å². The predicted molar refractivity (Wildman–Crippen MR) is 143 cm³/mol. The SMILES string of the molecule is CC(C)(C)OC(=O)N1CCN(c2c(C#N)c(Cl)nc3c(Oc4c(Cl)c(F)cc5[nH]ncc45)cccc23)CC1. The molecular formula is C26H23Cl2FN6O3. The highest BCUT2D eigenvalue weighted by Gasteiger charge is 2.29. The Morgan fingerprint density at radius 1 is 1.18 bits per heavy atom. The molecule has 0 unspecified atom stereocenters. The average Bonchev–Trinajstić information content (AvgIpc) is 3.33. The van der Waals surface area contributed by atoms with Gasteiger partial charge in [-0.25, -0.2) is 14.2 Å². The van der Waals surface area contributed by atoms with Gasteiger partial charge in [-0.2, -0.15) is 10.4 Å². The number of piperazine rings is 1. The molecule has 3 heterocycles. The minimum Gasteiger partial charge on any atom is -0.453 e. The van der Waals surface area contributed by atoms with Gasteiger partial charge in [-0.1, -0.05) is 35.3 Å². The summed E-state index contributed by atoms with van der Waals surface area (Å²) in [7, 11) is 0. The Morgan fingerprint density at radius 2 is 1.92 bits per heavy atom. The summed E-state index contributed by atoms with van der Waals surface area (Å²) < 4.78 is 26.1. The first-order valence-corrected chi connectivity index (χ1v) is 12.6. The quantitative estimate of drug-likeness (QED) is 0.296. The van der Waals surface area contributed by atoms with E-state index < -0.39 is 11.4 Å². The van der Waals surface area contributed by atoms with E-state index in [1.807, 2.05) is 31.7 Å². The van der Waals surface area contributed by atoms with Gasteiger partial charge < -0.3 is 19.3 Å². The number of carbonyl (C=O) groups excluding carboxylic acids is 1. The molecule has 0 atom stereocenters. The van der Waals surface area contributed by atoms with E-state index in [1.54, 1.807) is 17.0 Å². The zero-order valence-electron chi connectivity index (χ0n) is 20.8. The van der Waals surface area contributed by atoms with Crippen LogP contribution in [0.4, 0.5) is 14.9 Å². The maximum absolute atomic E-state index is 14.5. The maximum Gasteiger partial charge on any atom is 0.410 e. The molecule has 1 fully saturated rings. The van der Waals surface area contributed by atoms with Crippen LogP contribution in [0.15, 0.2) is 30.5 Å². The molecule has 38 heavy (non-hydrogen) atoms. The minimum absolute atomic E-state index is 0.000538. The Kier molecular flexibility index (Phi) is 6.67. The number of pyridine rings is 1. The summed E-state index contributed by atoms with van der Waals surface area (Å²) in [5.41, 5.74) is 0.986. The predicted octanol–water partition coefficient (Wildman–Crippen LogP) is 6.28. The van der Waals surface area contributed by atoms with E-state index in [0.717, 1.165) is 0 Å². The molecule has 1 aliphatic rings. The Balaban J connectivity index is 1.53. The van der Waals surface area contributed by atoms with Gasteiger partial charge in [-0.3, -0.25) is 5.10 Å². The average molecular weight is 557 g/mol. The minimum atomic E-state index is -0.667. The number of halogens is 3. The molecule has 1 aliphatic heterocycles. The van der Waals surface area contributed by atoms with E-state index >= 15 is 0 Å². The van der Waals surface area contributed by atoms with Gasteiger partial charge >= 0.3 is 6.09 Å². The van der Waals surface area contributed by atoms with Gasteiger partial charge in [0.1, 0.15) is 38.7 Å². The molecule has 1 N–H and O–H groups in total. The smallest absolute Gasteiger partial charge is 0.410 e. The van der Waals surface area contributed by atoms with E-state index in [4.69, 9.17) is 32.7 Å². The second kappa shape index (κ2) is 9.82. The highest BCUT2D eigenvalue weighted by molar-refractivity contribution is 6.33. The topological polar surface area (TPSA) is 107 Å². The number of benzene rings is 2. The molecule has 12 heteroatoms. The first-order valence-electron chi connectivity index (χ1n) is 11.8. The van der Waals surface area contributed by atoms with E-state index in [1.165, 1.54) is 12.3 Å². The van der Waals surface area contributed by atoms with Crippen molar-refractivity contribution in [3.8, 4) is 17.6 Å². The van der Waals surface area contributed by atoms with Crippen LogP contribution in [-0.4, -0.2) is 58.0 Å². The summed E-state index contributed by atoms with van der Waals surface area (Å²) >= 11 is 12.7. The van der Waals surface area contributed by atoms with Crippen molar-refractivity contribution in [3.63, 3.8) is 0 Å². The molecule has 196 valence electrons. The fourth-order valence-corrected chi connectivity index (χ4v) is 4.79. The largest absolute Gasteiger partial charge is 0.453 e. The fraction of sp³-hybridized carbons (Fsp3) is 0.308. The molecule has 2 aromatic carbocycles. The zero-order chi connectivity index (χ0) is 27.2. The monoisotopic (exact) mass is 556 g/mol. The van der Waals surface area contributed by atoms with Crippen molar-refractivity contribution in [2.45, 2.75) is 26.4 Å². The molecular weight excluding hydrogens is 534 g/mol. The van der Waals surface area contributed by atoms with Crippen LogP contribution in [0.5, 0.6) is 11.5 Å². The van der Waals surface area contributed by atoms with Crippen molar-refractivity contribution < 1.29 is 18.7 Å². The first-order chi connectivity index (χ1) is 18.1. The van der Waals surface area contributed by atoms with Gasteiger partial charge in [0.05, 0.1) is 22.8 Å². The van der Waals surface area contributed by atoms with Gasteiger partial charge in [0, 0.05) is 37.6 Å². The van der Waals surface area contributed by atoms with E-state index in [0.29, 0.717) is 53.7 Å². The van der Waals surface area contributed by atoms with Crippen LogP contribution in [-0.2, 0) is 4.74 Å². The number of nitrogens with zero attached hydrogens (tertiary/aromatic N) is 5. The van der Waals surface area contributed by atoms with Crippen molar-refractivity contribution in [1.82, 2.24) is 20.1 Å². The molecule has 0 aliphatic carbocycles. The lowest BCUT2D eigenvalue weighted by molar-refractivity contribution is 0.0240. The van der Waals surface area contributed by atoms with Crippen molar-refractivity contribution in [1.29, 1.82) is 5.26 Å². The number of aromatic nitrogens is 3. The number of ether oxygens (including phenoxy) is 2. The molecule has 1 amide bonds. The third-order valence-electron chi connectivity index (χ3n) is 6.07. The van der Waals surface area contributed by atoms with Gasteiger partial charge in [-0.05, 0) is 26.8 Å². The number of anilines is 1. The zero-order valence-corrected chi connectivity index (χ0v) is 22.3. The summed E-state index contributed by atoms with van der Waals surface area (Å²) in [6.45, 7) is 7.14. The van der Waals surface area contributed by atoms with Gasteiger partial charge in [0.25, 0.3) is 0 Å². The summed E-state index contributed by atoms with van der Waals surface area (Å²) in [5.74, 6) is -0.310. The lowest BCUT2D eigenvalue weighted by Crippen LogP contribution is -2.50. The number of H-pyrrole nitrogens is 1. The molecule has 0 spiro atoms. The highest BCUT2D eigenvalue weighted by atomic mass is 35.5. The molecule has 5 rings (SSSR count). The first kappa shape index (κ1) is 25.8. The Bertz CT molecular complexity index is 1600. The van der Waals surface area contributed by atoms with Gasteiger partial charge in [-0.15, -0.1) is 0 Å².